The first-order chi connectivity index (χ1) is 20.3. The maximum atomic E-state index is 14.2. The number of nitro groups is 1. The molecule has 0 saturated heterocycles. The Bertz CT molecular complexity index is 1550. The van der Waals surface area contributed by atoms with Gasteiger partial charge in [-0.05, 0) is 37.5 Å². The van der Waals surface area contributed by atoms with Crippen LogP contribution in [0.15, 0.2) is 72.8 Å². The zero-order valence-corrected chi connectivity index (χ0v) is 25.8. The van der Waals surface area contributed by atoms with Crippen LogP contribution in [0.5, 0.6) is 5.75 Å². The summed E-state index contributed by atoms with van der Waals surface area (Å²) >= 11 is 0. The zero-order valence-electron chi connectivity index (χ0n) is 25.0. The number of nitrogens with zero attached hydrogens (tertiary/aromatic N) is 3. The summed E-state index contributed by atoms with van der Waals surface area (Å²) in [7, 11) is -2.85. The lowest BCUT2D eigenvalue weighted by molar-refractivity contribution is -0.384. The van der Waals surface area contributed by atoms with E-state index in [1.807, 2.05) is 75.4 Å². The molecule has 0 saturated carbocycles. The maximum Gasteiger partial charge on any atom is 0.271 e. The van der Waals surface area contributed by atoms with Crippen LogP contribution in [0.2, 0.25) is 0 Å². The number of aryl methyl sites for hydroxylation is 1. The fourth-order valence-electron chi connectivity index (χ4n) is 4.58. The molecule has 43 heavy (non-hydrogen) atoms. The summed E-state index contributed by atoms with van der Waals surface area (Å²) in [6.45, 7) is 5.01. The summed E-state index contributed by atoms with van der Waals surface area (Å²) in [6, 6.07) is 19.1. The van der Waals surface area contributed by atoms with Crippen LogP contribution < -0.4 is 14.4 Å². The third kappa shape index (κ3) is 9.02. The number of benzene rings is 3. The van der Waals surface area contributed by atoms with Gasteiger partial charge in [0, 0.05) is 31.1 Å². The molecular weight excluding hydrogens is 572 g/mol. The molecule has 2 amide bonds. The van der Waals surface area contributed by atoms with Gasteiger partial charge in [-0.1, -0.05) is 67.1 Å². The van der Waals surface area contributed by atoms with E-state index in [0.717, 1.165) is 33.3 Å². The van der Waals surface area contributed by atoms with Crippen molar-refractivity contribution >= 4 is 33.2 Å². The van der Waals surface area contributed by atoms with E-state index in [-0.39, 0.29) is 42.0 Å². The van der Waals surface area contributed by atoms with Crippen molar-refractivity contribution < 1.29 is 27.7 Å². The van der Waals surface area contributed by atoms with E-state index in [1.165, 1.54) is 24.1 Å². The van der Waals surface area contributed by atoms with Crippen LogP contribution in [0.25, 0.3) is 0 Å². The number of methoxy groups -OCH3 is 1. The van der Waals surface area contributed by atoms with Crippen LogP contribution in [0.4, 0.5) is 11.4 Å². The monoisotopic (exact) mass is 610 g/mol. The molecule has 0 bridgehead atoms. The molecule has 2 atom stereocenters. The molecule has 0 aliphatic rings. The van der Waals surface area contributed by atoms with E-state index >= 15 is 0 Å². The molecule has 0 aliphatic carbocycles. The summed E-state index contributed by atoms with van der Waals surface area (Å²) in [6.07, 6.45) is 1.75. The average molecular weight is 611 g/mol. The molecule has 12 heteroatoms. The molecule has 0 aromatic heterocycles. The summed E-state index contributed by atoms with van der Waals surface area (Å²) in [5.41, 5.74) is 1.98. The van der Waals surface area contributed by atoms with Crippen molar-refractivity contribution in [1.82, 2.24) is 10.2 Å². The number of ether oxygens (including phenoxy) is 1. The highest BCUT2D eigenvalue weighted by atomic mass is 32.2. The fraction of sp³-hybridized carbons (Fsp3) is 0.355. The van der Waals surface area contributed by atoms with Crippen molar-refractivity contribution in [2.24, 2.45) is 0 Å². The van der Waals surface area contributed by atoms with Gasteiger partial charge < -0.3 is 15.0 Å². The lowest BCUT2D eigenvalue weighted by atomic mass is 10.0. The van der Waals surface area contributed by atoms with Gasteiger partial charge >= 0.3 is 0 Å². The number of hydrogen-bond donors (Lipinski definition) is 1. The van der Waals surface area contributed by atoms with Crippen LogP contribution in [0.1, 0.15) is 37.0 Å². The summed E-state index contributed by atoms with van der Waals surface area (Å²) < 4.78 is 32.2. The van der Waals surface area contributed by atoms with Crippen molar-refractivity contribution in [3.8, 4) is 5.75 Å². The van der Waals surface area contributed by atoms with Gasteiger partial charge in [-0.15, -0.1) is 0 Å². The minimum Gasteiger partial charge on any atom is -0.495 e. The lowest BCUT2D eigenvalue weighted by Gasteiger charge is -2.34. The quantitative estimate of drug-likeness (QED) is 0.213. The highest BCUT2D eigenvalue weighted by molar-refractivity contribution is 7.92. The van der Waals surface area contributed by atoms with E-state index in [9.17, 15) is 28.1 Å². The molecule has 0 spiro atoms. The third-order valence-corrected chi connectivity index (χ3v) is 8.16. The van der Waals surface area contributed by atoms with Gasteiger partial charge in [0.1, 0.15) is 24.0 Å². The Hall–Kier alpha value is -4.45. The van der Waals surface area contributed by atoms with Crippen molar-refractivity contribution in [3.05, 3.63) is 99.6 Å². The second-order valence-corrected chi connectivity index (χ2v) is 12.3. The highest BCUT2D eigenvalue weighted by Crippen LogP contribution is 2.34. The normalized spacial score (nSPS) is 12.6. The van der Waals surface area contributed by atoms with Gasteiger partial charge in [0.25, 0.3) is 5.69 Å². The number of anilines is 1. The molecule has 11 nitrogen and oxygen atoms in total. The molecule has 0 heterocycles. The second kappa shape index (κ2) is 14.6. The number of nitro benzene ring substituents is 1. The van der Waals surface area contributed by atoms with Gasteiger partial charge in [-0.25, -0.2) is 8.42 Å². The Kier molecular flexibility index (Phi) is 11.2. The number of sulfonamides is 1. The first-order valence-electron chi connectivity index (χ1n) is 13.8. The summed E-state index contributed by atoms with van der Waals surface area (Å²) in [4.78, 5) is 40.2. The van der Waals surface area contributed by atoms with Crippen molar-refractivity contribution in [3.63, 3.8) is 0 Å². The van der Waals surface area contributed by atoms with Gasteiger partial charge in [0.05, 0.1) is 18.3 Å². The van der Waals surface area contributed by atoms with E-state index in [2.05, 4.69) is 5.32 Å². The number of rotatable bonds is 14. The zero-order chi connectivity index (χ0) is 31.7. The largest absolute Gasteiger partial charge is 0.495 e. The van der Waals surface area contributed by atoms with Crippen molar-refractivity contribution in [2.75, 3.05) is 24.2 Å². The molecule has 0 fully saturated rings. The number of carbonyl (C=O) groups is 2. The Morgan fingerprint density at radius 2 is 1.70 bits per heavy atom. The van der Waals surface area contributed by atoms with E-state index in [4.69, 9.17) is 4.74 Å². The smallest absolute Gasteiger partial charge is 0.271 e. The molecule has 230 valence electrons. The van der Waals surface area contributed by atoms with E-state index < -0.39 is 33.4 Å². The second-order valence-electron chi connectivity index (χ2n) is 10.4. The first kappa shape index (κ1) is 33.1. The van der Waals surface area contributed by atoms with Gasteiger partial charge in [0.2, 0.25) is 21.8 Å². The molecule has 1 N–H and O–H groups in total. The van der Waals surface area contributed by atoms with Crippen LogP contribution >= 0.6 is 0 Å². The predicted molar refractivity (Wildman–Crippen MR) is 165 cm³/mol. The molecule has 0 radical (unpaired) electrons. The summed E-state index contributed by atoms with van der Waals surface area (Å²) in [5, 5.41) is 14.5. The predicted octanol–water partition coefficient (Wildman–Crippen LogP) is 4.23. The Morgan fingerprint density at radius 1 is 1.02 bits per heavy atom. The van der Waals surface area contributed by atoms with E-state index in [1.54, 1.807) is 0 Å². The third-order valence-electron chi connectivity index (χ3n) is 7.03. The topological polar surface area (TPSA) is 139 Å². The van der Waals surface area contributed by atoms with E-state index in [0.29, 0.717) is 6.42 Å². The molecule has 3 aromatic carbocycles. The van der Waals surface area contributed by atoms with Crippen molar-refractivity contribution in [1.29, 1.82) is 0 Å². The standard InChI is InChI=1S/C31H38N4O7S/c1-6-23(3)32-31(37)28(18-24-12-8-7-9-13-24)33(20-25-14-10-11-22(2)17-25)30(36)21-34(43(5,40)41)27-19-26(35(38)39)15-16-29(27)42-4/h7-17,19,23,28H,6,18,20-21H2,1-5H3,(H,32,37)/t23-,28+/m0/s1. The number of non-ortho nitro benzene ring substituents is 1. The molecule has 3 rings (SSSR count). The molecule has 0 unspecified atom stereocenters. The Labute approximate surface area is 252 Å². The van der Waals surface area contributed by atoms with Crippen LogP contribution in [-0.2, 0) is 32.6 Å². The molecule has 0 aliphatic heterocycles. The van der Waals surface area contributed by atoms with Crippen LogP contribution in [0.3, 0.4) is 0 Å². The number of amides is 2. The number of hydrogen-bond acceptors (Lipinski definition) is 7. The van der Waals surface area contributed by atoms with Crippen molar-refractivity contribution in [2.45, 2.75) is 52.2 Å². The average Bonchev–Trinajstić information content (AvgIpc) is 2.97. The highest BCUT2D eigenvalue weighted by Gasteiger charge is 2.34. The van der Waals surface area contributed by atoms with Gasteiger partial charge in [-0.3, -0.25) is 24.0 Å². The Balaban J connectivity index is 2.13. The number of nitrogens with one attached hydrogen (secondary N) is 1. The maximum absolute atomic E-state index is 14.2. The van der Waals surface area contributed by atoms with Gasteiger partial charge in [-0.2, -0.15) is 0 Å². The minimum atomic E-state index is -4.15. The summed E-state index contributed by atoms with van der Waals surface area (Å²) in [5.74, 6) is -1.01. The molecular formula is C31H38N4O7S. The van der Waals surface area contributed by atoms with Crippen LogP contribution in [0, 0.1) is 17.0 Å². The fourth-order valence-corrected chi connectivity index (χ4v) is 5.43. The first-order valence-corrected chi connectivity index (χ1v) is 15.7. The molecule has 3 aromatic rings. The Morgan fingerprint density at radius 3 is 2.28 bits per heavy atom. The minimum absolute atomic E-state index is 0.0234. The SMILES string of the molecule is CC[C@H](C)NC(=O)[C@@H](Cc1ccccc1)N(Cc1cccc(C)c1)C(=O)CN(c1cc([N+](=O)[O-])ccc1OC)S(C)(=O)=O. The van der Waals surface area contributed by atoms with Gasteiger partial charge in [0.15, 0.2) is 0 Å². The van der Waals surface area contributed by atoms with Crippen LogP contribution in [-0.4, -0.2) is 62.0 Å². The number of carbonyl (C=O) groups excluding carboxylic acids is 2. The lowest BCUT2D eigenvalue weighted by Crippen LogP contribution is -2.54.